The summed E-state index contributed by atoms with van der Waals surface area (Å²) in [5.41, 5.74) is 1.75. The zero-order valence-electron chi connectivity index (χ0n) is 21.7. The molecule has 0 amide bonds. The van der Waals surface area contributed by atoms with Crippen molar-refractivity contribution in [3.63, 3.8) is 0 Å². The number of ether oxygens (including phenoxy) is 5. The molecule has 0 saturated carbocycles. The normalized spacial score (nSPS) is 14.9. The summed E-state index contributed by atoms with van der Waals surface area (Å²) in [5, 5.41) is 0.711. The van der Waals surface area contributed by atoms with Crippen molar-refractivity contribution in [2.75, 3.05) is 55.2 Å². The molecule has 0 spiro atoms. The fraction of sp³-hybridized carbons (Fsp3) is 0.464. The number of hydrogen-bond donors (Lipinski definition) is 0. The lowest BCUT2D eigenvalue weighted by Gasteiger charge is -2.29. The fourth-order valence-electron chi connectivity index (χ4n) is 5.14. The van der Waals surface area contributed by atoms with Crippen LogP contribution < -0.4 is 29.3 Å². The number of fused-ring (bicyclic) bond motifs is 1. The number of piperidine rings is 1. The van der Waals surface area contributed by atoms with Gasteiger partial charge in [-0.05, 0) is 62.7 Å². The number of likely N-dealkylation sites (tertiary alicyclic amines) is 1. The first-order valence-corrected chi connectivity index (χ1v) is 12.3. The van der Waals surface area contributed by atoms with Gasteiger partial charge in [-0.1, -0.05) is 6.42 Å². The highest BCUT2D eigenvalue weighted by molar-refractivity contribution is 5.89. The molecule has 3 aromatic rings. The smallest absolute Gasteiger partial charge is 0.336 e. The van der Waals surface area contributed by atoms with E-state index in [1.54, 1.807) is 41.6 Å². The highest BCUT2D eigenvalue weighted by Gasteiger charge is 2.28. The Bertz CT molecular complexity index is 1220. The molecular weight excluding hydrogens is 462 g/mol. The predicted octanol–water partition coefficient (Wildman–Crippen LogP) is 4.84. The summed E-state index contributed by atoms with van der Waals surface area (Å²) < 4.78 is 34.1. The summed E-state index contributed by atoms with van der Waals surface area (Å²) in [4.78, 5) is 14.9. The standard InChI is InChI=1S/C28H35NO7/c1-31-21-17-22(32-2)26(27-20(21)9-10-25(30)36-27)19(11-14-29-12-7-6-8-13-29)18-15-23(33-3)28(35-5)24(16-18)34-4/h9-10,15-17,19H,6-8,11-14H2,1-5H3/t19-/m1/s1. The van der Waals surface area contributed by atoms with E-state index in [4.69, 9.17) is 28.1 Å². The van der Waals surface area contributed by atoms with Crippen LogP contribution in [0.1, 0.15) is 42.7 Å². The first-order valence-electron chi connectivity index (χ1n) is 12.3. The molecule has 0 unspecified atom stereocenters. The second-order valence-electron chi connectivity index (χ2n) is 8.89. The van der Waals surface area contributed by atoms with Crippen LogP contribution in [0.2, 0.25) is 0 Å². The van der Waals surface area contributed by atoms with Crippen molar-refractivity contribution < 1.29 is 28.1 Å². The molecule has 36 heavy (non-hydrogen) atoms. The van der Waals surface area contributed by atoms with E-state index in [-0.39, 0.29) is 5.92 Å². The lowest BCUT2D eigenvalue weighted by atomic mass is 9.85. The number of methoxy groups -OCH3 is 5. The molecule has 4 rings (SSSR count). The first kappa shape index (κ1) is 25.7. The zero-order chi connectivity index (χ0) is 25.7. The molecule has 2 heterocycles. The molecule has 1 fully saturated rings. The molecule has 8 heteroatoms. The maximum Gasteiger partial charge on any atom is 0.336 e. The topological polar surface area (TPSA) is 79.6 Å². The second kappa shape index (κ2) is 11.6. The molecule has 8 nitrogen and oxygen atoms in total. The van der Waals surface area contributed by atoms with Crippen molar-refractivity contribution in [3.05, 3.63) is 51.9 Å². The van der Waals surface area contributed by atoms with Crippen LogP contribution in [0.3, 0.4) is 0 Å². The SMILES string of the molecule is COc1cc([C@@H](CCN2CCCCC2)c2c(OC)cc(OC)c3ccc(=O)oc23)cc(OC)c1OC. The molecule has 194 valence electrons. The molecule has 0 radical (unpaired) electrons. The van der Waals surface area contributed by atoms with Crippen LogP contribution in [0.4, 0.5) is 0 Å². The largest absolute Gasteiger partial charge is 0.496 e. The molecule has 1 saturated heterocycles. The van der Waals surface area contributed by atoms with Crippen LogP contribution in [-0.2, 0) is 0 Å². The van der Waals surface area contributed by atoms with Crippen LogP contribution in [0.5, 0.6) is 28.7 Å². The Morgan fingerprint density at radius 2 is 1.44 bits per heavy atom. The third-order valence-electron chi connectivity index (χ3n) is 6.93. The van der Waals surface area contributed by atoms with E-state index in [0.717, 1.165) is 37.2 Å². The highest BCUT2D eigenvalue weighted by Crippen LogP contribution is 2.47. The predicted molar refractivity (Wildman–Crippen MR) is 138 cm³/mol. The molecule has 1 atom stereocenters. The van der Waals surface area contributed by atoms with Crippen LogP contribution in [0, 0.1) is 0 Å². The Morgan fingerprint density at radius 1 is 0.806 bits per heavy atom. The molecule has 0 bridgehead atoms. The lowest BCUT2D eigenvalue weighted by Crippen LogP contribution is -2.31. The van der Waals surface area contributed by atoms with E-state index in [9.17, 15) is 4.79 Å². The summed E-state index contributed by atoms with van der Waals surface area (Å²) in [6, 6.07) is 8.91. The summed E-state index contributed by atoms with van der Waals surface area (Å²) in [6.07, 6.45) is 4.46. The van der Waals surface area contributed by atoms with Crippen LogP contribution in [0.15, 0.2) is 39.5 Å². The summed E-state index contributed by atoms with van der Waals surface area (Å²) >= 11 is 0. The monoisotopic (exact) mass is 497 g/mol. The van der Waals surface area contributed by atoms with Crippen molar-refractivity contribution in [1.29, 1.82) is 0 Å². The van der Waals surface area contributed by atoms with Crippen molar-refractivity contribution in [3.8, 4) is 28.7 Å². The van der Waals surface area contributed by atoms with Crippen molar-refractivity contribution in [2.24, 2.45) is 0 Å². The van der Waals surface area contributed by atoms with Gasteiger partial charge in [-0.15, -0.1) is 0 Å². The zero-order valence-corrected chi connectivity index (χ0v) is 21.7. The Hall–Kier alpha value is -3.39. The van der Waals surface area contributed by atoms with E-state index >= 15 is 0 Å². The molecule has 2 aromatic carbocycles. The van der Waals surface area contributed by atoms with E-state index in [0.29, 0.717) is 39.7 Å². The van der Waals surface area contributed by atoms with Gasteiger partial charge in [0.2, 0.25) is 5.75 Å². The second-order valence-corrected chi connectivity index (χ2v) is 8.89. The van der Waals surface area contributed by atoms with Gasteiger partial charge in [0.1, 0.15) is 17.1 Å². The van der Waals surface area contributed by atoms with Gasteiger partial charge in [-0.3, -0.25) is 0 Å². The minimum absolute atomic E-state index is 0.186. The molecule has 0 N–H and O–H groups in total. The van der Waals surface area contributed by atoms with E-state index in [1.807, 2.05) is 18.2 Å². The third-order valence-corrected chi connectivity index (χ3v) is 6.93. The summed E-state index contributed by atoms with van der Waals surface area (Å²) in [5.74, 6) is 2.63. The lowest BCUT2D eigenvalue weighted by molar-refractivity contribution is 0.223. The van der Waals surface area contributed by atoms with Gasteiger partial charge in [-0.25, -0.2) is 4.79 Å². The van der Waals surface area contributed by atoms with Gasteiger partial charge in [0.15, 0.2) is 11.5 Å². The Balaban J connectivity index is 1.94. The maximum absolute atomic E-state index is 12.4. The van der Waals surface area contributed by atoms with Crippen molar-refractivity contribution in [1.82, 2.24) is 4.90 Å². The van der Waals surface area contributed by atoms with E-state index in [2.05, 4.69) is 4.90 Å². The Kier molecular flexibility index (Phi) is 8.25. The minimum atomic E-state index is -0.432. The van der Waals surface area contributed by atoms with E-state index in [1.165, 1.54) is 25.3 Å². The van der Waals surface area contributed by atoms with Gasteiger partial charge in [0, 0.05) is 23.6 Å². The van der Waals surface area contributed by atoms with Crippen LogP contribution in [-0.4, -0.2) is 60.1 Å². The van der Waals surface area contributed by atoms with Gasteiger partial charge in [-0.2, -0.15) is 0 Å². The molecule has 1 aromatic heterocycles. The third kappa shape index (κ3) is 5.09. The van der Waals surface area contributed by atoms with E-state index < -0.39 is 5.63 Å². The van der Waals surface area contributed by atoms with Gasteiger partial charge < -0.3 is 33.0 Å². The molecule has 1 aliphatic rings. The number of rotatable bonds is 10. The Morgan fingerprint density at radius 3 is 2.03 bits per heavy atom. The number of benzene rings is 2. The molecule has 0 aliphatic carbocycles. The highest BCUT2D eigenvalue weighted by atomic mass is 16.5. The quantitative estimate of drug-likeness (QED) is 0.368. The van der Waals surface area contributed by atoms with Gasteiger partial charge in [0.25, 0.3) is 0 Å². The molecular formula is C28H35NO7. The fourth-order valence-corrected chi connectivity index (χ4v) is 5.14. The number of hydrogen-bond acceptors (Lipinski definition) is 8. The van der Waals surface area contributed by atoms with Gasteiger partial charge in [0.05, 0.1) is 40.9 Å². The molecule has 1 aliphatic heterocycles. The summed E-state index contributed by atoms with van der Waals surface area (Å²) in [6.45, 7) is 3.05. The average molecular weight is 498 g/mol. The summed E-state index contributed by atoms with van der Waals surface area (Å²) in [7, 11) is 8.00. The average Bonchev–Trinajstić information content (AvgIpc) is 2.92. The maximum atomic E-state index is 12.4. The van der Waals surface area contributed by atoms with Crippen LogP contribution >= 0.6 is 0 Å². The van der Waals surface area contributed by atoms with Gasteiger partial charge >= 0.3 is 5.63 Å². The minimum Gasteiger partial charge on any atom is -0.496 e. The number of nitrogens with zero attached hydrogens (tertiary/aromatic N) is 1. The van der Waals surface area contributed by atoms with Crippen LogP contribution in [0.25, 0.3) is 11.0 Å². The first-order chi connectivity index (χ1) is 17.5. The van der Waals surface area contributed by atoms with Crippen molar-refractivity contribution >= 4 is 11.0 Å². The Labute approximate surface area is 211 Å². The van der Waals surface area contributed by atoms with Crippen molar-refractivity contribution in [2.45, 2.75) is 31.6 Å².